The van der Waals surface area contributed by atoms with Crippen molar-refractivity contribution in [1.82, 2.24) is 14.5 Å². The Labute approximate surface area is 126 Å². The fourth-order valence-electron chi connectivity index (χ4n) is 2.98. The van der Waals surface area contributed by atoms with Gasteiger partial charge in [0.1, 0.15) is 18.2 Å². The molecule has 120 valence electrons. The molecule has 0 radical (unpaired) electrons. The van der Waals surface area contributed by atoms with Gasteiger partial charge in [0.05, 0.1) is 6.54 Å². The number of aromatic nitrogens is 2. The van der Waals surface area contributed by atoms with Crippen LogP contribution in [0.3, 0.4) is 0 Å². The Morgan fingerprint density at radius 1 is 1.45 bits per heavy atom. The molecule has 1 aromatic rings. The van der Waals surface area contributed by atoms with E-state index in [-0.39, 0.29) is 24.6 Å². The molecule has 2 aliphatic heterocycles. The molecule has 0 unspecified atom stereocenters. The average Bonchev–Trinajstić information content (AvgIpc) is 3.08. The van der Waals surface area contributed by atoms with Crippen LogP contribution < -0.4 is 11.4 Å². The number of ketones is 1. The van der Waals surface area contributed by atoms with Gasteiger partial charge in [-0.3, -0.25) is 14.3 Å². The van der Waals surface area contributed by atoms with E-state index in [9.17, 15) is 14.0 Å². The van der Waals surface area contributed by atoms with E-state index in [2.05, 4.69) is 4.98 Å². The summed E-state index contributed by atoms with van der Waals surface area (Å²) >= 11 is 0. The summed E-state index contributed by atoms with van der Waals surface area (Å²) in [5, 5.41) is 0. The molecule has 0 bridgehead atoms. The van der Waals surface area contributed by atoms with Crippen LogP contribution in [-0.2, 0) is 9.53 Å². The summed E-state index contributed by atoms with van der Waals surface area (Å²) in [4.78, 5) is 29.6. The zero-order valence-corrected chi connectivity index (χ0v) is 12.2. The van der Waals surface area contributed by atoms with E-state index in [1.807, 2.05) is 4.90 Å². The number of nitrogens with zero attached hydrogens (tertiary/aromatic N) is 3. The maximum Gasteiger partial charge on any atom is 0.351 e. The average molecular weight is 310 g/mol. The van der Waals surface area contributed by atoms with E-state index in [4.69, 9.17) is 10.5 Å². The highest BCUT2D eigenvalue weighted by molar-refractivity contribution is 5.86. The molecule has 0 amide bonds. The maximum absolute atomic E-state index is 14.1. The second-order valence-corrected chi connectivity index (χ2v) is 5.75. The number of Topliss-reactive ketones (excluding diaryl/α,β-unsaturated/α-hetero) is 1. The van der Waals surface area contributed by atoms with Crippen LogP contribution in [0.4, 0.5) is 10.2 Å². The van der Waals surface area contributed by atoms with E-state index in [0.29, 0.717) is 0 Å². The second kappa shape index (κ2) is 6.13. The predicted octanol–water partition coefficient (Wildman–Crippen LogP) is 0.116. The van der Waals surface area contributed by atoms with Gasteiger partial charge in [0, 0.05) is 12.6 Å². The summed E-state index contributed by atoms with van der Waals surface area (Å²) in [6.07, 6.45) is 0.153. The van der Waals surface area contributed by atoms with Crippen molar-refractivity contribution in [2.75, 3.05) is 25.4 Å². The SMILES string of the molecule is Nc1ccn([C@H]2C[C@H](F)[C@@H](C(=O)CN3CCCC3)O2)c(=O)n1. The minimum Gasteiger partial charge on any atom is -0.383 e. The lowest BCUT2D eigenvalue weighted by Gasteiger charge is -2.18. The molecule has 0 spiro atoms. The first-order chi connectivity index (χ1) is 10.5. The van der Waals surface area contributed by atoms with Crippen LogP contribution in [0.5, 0.6) is 0 Å². The lowest BCUT2D eigenvalue weighted by Crippen LogP contribution is -2.37. The number of alkyl halides is 1. The maximum atomic E-state index is 14.1. The summed E-state index contributed by atoms with van der Waals surface area (Å²) in [7, 11) is 0. The number of carbonyl (C=O) groups excluding carboxylic acids is 1. The lowest BCUT2D eigenvalue weighted by atomic mass is 10.1. The van der Waals surface area contributed by atoms with Crippen molar-refractivity contribution in [2.45, 2.75) is 37.8 Å². The molecule has 2 fully saturated rings. The number of hydrogen-bond donors (Lipinski definition) is 1. The molecule has 1 aromatic heterocycles. The molecule has 0 aromatic carbocycles. The standard InChI is InChI=1S/C14H19FN4O3/c15-9-7-12(19-6-3-11(16)17-14(19)21)22-13(9)10(20)8-18-4-1-2-5-18/h3,6,9,12-13H,1-2,4-5,7-8H2,(H2,16,17,21)/t9-,12+,13-/m0/s1. The van der Waals surface area contributed by atoms with Crippen LogP contribution in [0.1, 0.15) is 25.5 Å². The third-order valence-corrected chi connectivity index (χ3v) is 4.12. The summed E-state index contributed by atoms with van der Waals surface area (Å²) in [6.45, 7) is 1.92. The molecule has 3 atom stereocenters. The highest BCUT2D eigenvalue weighted by atomic mass is 19.1. The zero-order chi connectivity index (χ0) is 15.7. The van der Waals surface area contributed by atoms with Crippen LogP contribution in [0.2, 0.25) is 0 Å². The molecule has 0 aliphatic carbocycles. The molecular weight excluding hydrogens is 291 g/mol. The van der Waals surface area contributed by atoms with Crippen molar-refractivity contribution in [3.63, 3.8) is 0 Å². The van der Waals surface area contributed by atoms with Crippen molar-refractivity contribution in [3.05, 3.63) is 22.7 Å². The number of nitrogen functional groups attached to an aromatic ring is 1. The quantitative estimate of drug-likeness (QED) is 0.849. The van der Waals surface area contributed by atoms with Crippen LogP contribution in [0.15, 0.2) is 17.1 Å². The molecule has 2 aliphatic rings. The topological polar surface area (TPSA) is 90.5 Å². The Hall–Kier alpha value is -1.80. The monoisotopic (exact) mass is 310 g/mol. The molecule has 2 saturated heterocycles. The van der Waals surface area contributed by atoms with Gasteiger partial charge in [0.15, 0.2) is 11.9 Å². The van der Waals surface area contributed by atoms with Gasteiger partial charge in [-0.25, -0.2) is 9.18 Å². The molecule has 3 heterocycles. The van der Waals surface area contributed by atoms with Crippen LogP contribution >= 0.6 is 0 Å². The highest BCUT2D eigenvalue weighted by Crippen LogP contribution is 2.30. The van der Waals surface area contributed by atoms with Crippen molar-refractivity contribution in [2.24, 2.45) is 0 Å². The van der Waals surface area contributed by atoms with Crippen LogP contribution in [0, 0.1) is 0 Å². The molecule has 3 rings (SSSR count). The summed E-state index contributed by atoms with van der Waals surface area (Å²) in [5.41, 5.74) is 4.81. The van der Waals surface area contributed by atoms with Crippen molar-refractivity contribution in [1.29, 1.82) is 0 Å². The fraction of sp³-hybridized carbons (Fsp3) is 0.643. The Morgan fingerprint density at radius 2 is 2.18 bits per heavy atom. The van der Waals surface area contributed by atoms with E-state index in [1.54, 1.807) is 0 Å². The molecule has 22 heavy (non-hydrogen) atoms. The number of carbonyl (C=O) groups is 1. The number of anilines is 1. The van der Waals surface area contributed by atoms with Crippen LogP contribution in [-0.4, -0.2) is 52.1 Å². The zero-order valence-electron chi connectivity index (χ0n) is 12.2. The lowest BCUT2D eigenvalue weighted by molar-refractivity contribution is -0.134. The van der Waals surface area contributed by atoms with Crippen molar-refractivity contribution >= 4 is 11.6 Å². The van der Waals surface area contributed by atoms with Gasteiger partial charge in [-0.1, -0.05) is 0 Å². The van der Waals surface area contributed by atoms with Crippen molar-refractivity contribution < 1.29 is 13.9 Å². The second-order valence-electron chi connectivity index (χ2n) is 5.75. The van der Waals surface area contributed by atoms with Gasteiger partial charge < -0.3 is 10.5 Å². The highest BCUT2D eigenvalue weighted by Gasteiger charge is 2.41. The van der Waals surface area contributed by atoms with Crippen LogP contribution in [0.25, 0.3) is 0 Å². The first kappa shape index (κ1) is 15.1. The number of ether oxygens (including phenoxy) is 1. The minimum atomic E-state index is -1.41. The minimum absolute atomic E-state index is 0.0398. The smallest absolute Gasteiger partial charge is 0.351 e. The largest absolute Gasteiger partial charge is 0.383 e. The first-order valence-corrected chi connectivity index (χ1v) is 7.44. The normalized spacial score (nSPS) is 29.0. The van der Waals surface area contributed by atoms with E-state index in [1.165, 1.54) is 16.8 Å². The fourth-order valence-corrected chi connectivity index (χ4v) is 2.98. The molecular formula is C14H19FN4O3. The van der Waals surface area contributed by atoms with Gasteiger partial charge in [0.2, 0.25) is 0 Å². The molecule has 7 nitrogen and oxygen atoms in total. The van der Waals surface area contributed by atoms with Gasteiger partial charge in [0.25, 0.3) is 0 Å². The predicted molar refractivity (Wildman–Crippen MR) is 77.0 cm³/mol. The summed E-state index contributed by atoms with van der Waals surface area (Å²) in [5.74, 6) is -0.175. The third kappa shape index (κ3) is 3.02. The Kier molecular flexibility index (Phi) is 4.21. The third-order valence-electron chi connectivity index (χ3n) is 4.12. The van der Waals surface area contributed by atoms with E-state index < -0.39 is 24.2 Å². The summed E-state index contributed by atoms with van der Waals surface area (Å²) in [6, 6.07) is 1.44. The number of nitrogens with two attached hydrogens (primary N) is 1. The molecule has 2 N–H and O–H groups in total. The number of hydrogen-bond acceptors (Lipinski definition) is 6. The van der Waals surface area contributed by atoms with E-state index >= 15 is 0 Å². The number of rotatable bonds is 4. The first-order valence-electron chi connectivity index (χ1n) is 7.44. The Balaban J connectivity index is 1.68. The molecule has 0 saturated carbocycles. The van der Waals surface area contributed by atoms with Gasteiger partial charge in [-0.2, -0.15) is 4.98 Å². The van der Waals surface area contributed by atoms with Gasteiger partial charge >= 0.3 is 5.69 Å². The number of halogens is 1. The Bertz CT molecular complexity index is 614. The number of likely N-dealkylation sites (tertiary alicyclic amines) is 1. The summed E-state index contributed by atoms with van der Waals surface area (Å²) < 4.78 is 20.8. The Morgan fingerprint density at radius 3 is 2.86 bits per heavy atom. The van der Waals surface area contributed by atoms with E-state index in [0.717, 1.165) is 25.9 Å². The molecule has 8 heteroatoms. The van der Waals surface area contributed by atoms with Gasteiger partial charge in [-0.05, 0) is 32.0 Å². The van der Waals surface area contributed by atoms with Crippen molar-refractivity contribution in [3.8, 4) is 0 Å². The van der Waals surface area contributed by atoms with Gasteiger partial charge in [-0.15, -0.1) is 0 Å².